The van der Waals surface area contributed by atoms with Gasteiger partial charge in [-0.3, -0.25) is 4.90 Å². The maximum atomic E-state index is 4.17. The highest BCUT2D eigenvalue weighted by Crippen LogP contribution is 2.24. The third-order valence-corrected chi connectivity index (χ3v) is 4.63. The summed E-state index contributed by atoms with van der Waals surface area (Å²) in [6.07, 6.45) is 1.83. The second-order valence-corrected chi connectivity index (χ2v) is 6.32. The van der Waals surface area contributed by atoms with Gasteiger partial charge in [0.05, 0.1) is 6.54 Å². The van der Waals surface area contributed by atoms with Crippen LogP contribution in [0.3, 0.4) is 0 Å². The Kier molecular flexibility index (Phi) is 3.63. The molecule has 0 aliphatic carbocycles. The lowest BCUT2D eigenvalue weighted by Gasteiger charge is -2.26. The summed E-state index contributed by atoms with van der Waals surface area (Å²) in [7, 11) is 1.99. The van der Waals surface area contributed by atoms with E-state index in [2.05, 4.69) is 38.0 Å². The van der Waals surface area contributed by atoms with Gasteiger partial charge in [-0.15, -0.1) is 21.5 Å². The molecule has 3 heterocycles. The van der Waals surface area contributed by atoms with Crippen LogP contribution in [0.2, 0.25) is 0 Å². The zero-order chi connectivity index (χ0) is 13.2. The van der Waals surface area contributed by atoms with Gasteiger partial charge in [-0.1, -0.05) is 0 Å². The summed E-state index contributed by atoms with van der Waals surface area (Å²) in [5.74, 6) is 1.08. The van der Waals surface area contributed by atoms with E-state index in [4.69, 9.17) is 0 Å². The first kappa shape index (κ1) is 12.8. The van der Waals surface area contributed by atoms with Crippen molar-refractivity contribution in [3.8, 4) is 0 Å². The van der Waals surface area contributed by atoms with Crippen LogP contribution in [0.1, 0.15) is 21.1 Å². The van der Waals surface area contributed by atoms with Crippen molar-refractivity contribution in [2.75, 3.05) is 13.6 Å². The lowest BCUT2D eigenvalue weighted by molar-refractivity contribution is 0.208. The van der Waals surface area contributed by atoms with Crippen LogP contribution in [0.5, 0.6) is 0 Å². The molecule has 3 rings (SSSR count). The van der Waals surface area contributed by atoms with E-state index >= 15 is 0 Å². The van der Waals surface area contributed by atoms with E-state index in [0.29, 0.717) is 0 Å². The monoisotopic (exact) mass is 277 g/mol. The van der Waals surface area contributed by atoms with Crippen LogP contribution < -0.4 is 5.32 Å². The molecule has 6 heteroatoms. The minimum atomic E-state index is 0.899. The molecule has 1 aliphatic rings. The molecular weight excluding hydrogens is 258 g/mol. The number of fused-ring (bicyclic) bond motifs is 1. The first-order valence-corrected chi connectivity index (χ1v) is 7.39. The molecule has 0 bridgehead atoms. The molecule has 0 amide bonds. The summed E-state index contributed by atoms with van der Waals surface area (Å²) in [6, 6.07) is 2.33. The van der Waals surface area contributed by atoms with Gasteiger partial charge < -0.3 is 9.88 Å². The predicted octanol–water partition coefficient (Wildman–Crippen LogP) is 1.38. The largest absolute Gasteiger partial charge is 0.315 e. The lowest BCUT2D eigenvalue weighted by Crippen LogP contribution is -2.33. The molecule has 1 N–H and O–H groups in total. The molecule has 0 fully saturated rings. The molecule has 0 radical (unpaired) electrons. The standard InChI is InChI=1S/C13H19N5S/c1-10-11(5-12(19-10)6-14-2)7-17-3-4-18-9-15-16-13(18)8-17/h5,9,14H,3-4,6-8H2,1-2H3. The Hall–Kier alpha value is -1.24. The maximum absolute atomic E-state index is 4.17. The van der Waals surface area contributed by atoms with Gasteiger partial charge in [-0.2, -0.15) is 0 Å². The first-order chi connectivity index (χ1) is 9.26. The van der Waals surface area contributed by atoms with Gasteiger partial charge in [-0.05, 0) is 25.6 Å². The second kappa shape index (κ2) is 5.40. The van der Waals surface area contributed by atoms with E-state index in [9.17, 15) is 0 Å². The quantitative estimate of drug-likeness (QED) is 0.917. The third kappa shape index (κ3) is 2.70. The van der Waals surface area contributed by atoms with Crippen LogP contribution in [-0.4, -0.2) is 33.3 Å². The SMILES string of the molecule is CNCc1cc(CN2CCn3cnnc3C2)c(C)s1. The number of nitrogens with one attached hydrogen (secondary N) is 1. The zero-order valence-electron chi connectivity index (χ0n) is 11.4. The highest BCUT2D eigenvalue weighted by Gasteiger charge is 2.18. The molecule has 0 saturated heterocycles. The fourth-order valence-electron chi connectivity index (χ4n) is 2.50. The zero-order valence-corrected chi connectivity index (χ0v) is 12.2. The summed E-state index contributed by atoms with van der Waals surface area (Å²) in [4.78, 5) is 5.29. The Labute approximate surface area is 117 Å². The van der Waals surface area contributed by atoms with Crippen molar-refractivity contribution in [1.29, 1.82) is 0 Å². The van der Waals surface area contributed by atoms with E-state index in [1.54, 1.807) is 0 Å². The van der Waals surface area contributed by atoms with E-state index < -0.39 is 0 Å². The molecule has 1 aliphatic heterocycles. The number of aromatic nitrogens is 3. The van der Waals surface area contributed by atoms with Gasteiger partial charge in [-0.25, -0.2) is 0 Å². The number of hydrogen-bond donors (Lipinski definition) is 1. The molecule has 0 atom stereocenters. The van der Waals surface area contributed by atoms with Crippen LogP contribution in [0.15, 0.2) is 12.4 Å². The van der Waals surface area contributed by atoms with E-state index in [1.165, 1.54) is 15.3 Å². The van der Waals surface area contributed by atoms with Gasteiger partial charge in [0.25, 0.3) is 0 Å². The number of nitrogens with zero attached hydrogens (tertiary/aromatic N) is 4. The topological polar surface area (TPSA) is 46.0 Å². The van der Waals surface area contributed by atoms with E-state index in [1.807, 2.05) is 24.7 Å². The normalized spacial score (nSPS) is 15.7. The Morgan fingerprint density at radius 1 is 1.42 bits per heavy atom. The highest BCUT2D eigenvalue weighted by molar-refractivity contribution is 7.12. The second-order valence-electron chi connectivity index (χ2n) is 4.98. The molecule has 102 valence electrons. The average Bonchev–Trinajstić information content (AvgIpc) is 2.97. The van der Waals surface area contributed by atoms with Crippen molar-refractivity contribution in [3.63, 3.8) is 0 Å². The highest BCUT2D eigenvalue weighted by atomic mass is 32.1. The van der Waals surface area contributed by atoms with Gasteiger partial charge in [0.1, 0.15) is 12.2 Å². The predicted molar refractivity (Wildman–Crippen MR) is 76.0 cm³/mol. The van der Waals surface area contributed by atoms with Crippen molar-refractivity contribution >= 4 is 11.3 Å². The average molecular weight is 277 g/mol. The fourth-order valence-corrected chi connectivity index (χ4v) is 3.56. The Morgan fingerprint density at radius 2 is 2.32 bits per heavy atom. The molecule has 0 spiro atoms. The van der Waals surface area contributed by atoms with Crippen molar-refractivity contribution < 1.29 is 0 Å². The van der Waals surface area contributed by atoms with Gasteiger partial charge >= 0.3 is 0 Å². The summed E-state index contributed by atoms with van der Waals surface area (Å²) in [5, 5.41) is 11.4. The Morgan fingerprint density at radius 3 is 3.16 bits per heavy atom. The summed E-state index contributed by atoms with van der Waals surface area (Å²) in [5.41, 5.74) is 1.45. The van der Waals surface area contributed by atoms with Gasteiger partial charge in [0.15, 0.2) is 0 Å². The van der Waals surface area contributed by atoms with E-state index in [-0.39, 0.29) is 0 Å². The number of thiophene rings is 1. The van der Waals surface area contributed by atoms with Crippen molar-refractivity contribution in [3.05, 3.63) is 33.5 Å². The molecule has 0 saturated carbocycles. The van der Waals surface area contributed by atoms with E-state index in [0.717, 1.165) is 38.5 Å². The lowest BCUT2D eigenvalue weighted by atomic mass is 10.2. The van der Waals surface area contributed by atoms with Gasteiger partial charge in [0, 0.05) is 35.9 Å². The molecule has 0 aromatic carbocycles. The van der Waals surface area contributed by atoms with Crippen LogP contribution in [0, 0.1) is 6.92 Å². The Bertz CT molecular complexity index is 559. The summed E-state index contributed by atoms with van der Waals surface area (Å²) < 4.78 is 2.14. The minimum absolute atomic E-state index is 0.899. The molecule has 5 nitrogen and oxygen atoms in total. The molecular formula is C13H19N5S. The van der Waals surface area contributed by atoms with Crippen LogP contribution in [0.25, 0.3) is 0 Å². The first-order valence-electron chi connectivity index (χ1n) is 6.58. The van der Waals surface area contributed by atoms with Crippen molar-refractivity contribution in [2.24, 2.45) is 0 Å². The van der Waals surface area contributed by atoms with Crippen LogP contribution >= 0.6 is 11.3 Å². The summed E-state index contributed by atoms with van der Waals surface area (Å²) >= 11 is 1.89. The molecule has 2 aromatic heterocycles. The van der Waals surface area contributed by atoms with Crippen molar-refractivity contribution in [1.82, 2.24) is 25.0 Å². The van der Waals surface area contributed by atoms with Gasteiger partial charge in [0.2, 0.25) is 0 Å². The third-order valence-electron chi connectivity index (χ3n) is 3.53. The molecule has 2 aromatic rings. The van der Waals surface area contributed by atoms with Crippen molar-refractivity contribution in [2.45, 2.75) is 33.1 Å². The summed E-state index contributed by atoms with van der Waals surface area (Å²) in [6.45, 7) is 7.15. The smallest absolute Gasteiger partial charge is 0.147 e. The molecule has 19 heavy (non-hydrogen) atoms. The minimum Gasteiger partial charge on any atom is -0.315 e. The number of aryl methyl sites for hydroxylation is 1. The number of rotatable bonds is 4. The fraction of sp³-hybridized carbons (Fsp3) is 0.538. The Balaban J connectivity index is 1.69. The van der Waals surface area contributed by atoms with Crippen LogP contribution in [-0.2, 0) is 26.2 Å². The van der Waals surface area contributed by atoms with Crippen LogP contribution in [0.4, 0.5) is 0 Å². The molecule has 0 unspecified atom stereocenters. The maximum Gasteiger partial charge on any atom is 0.147 e. The number of hydrogen-bond acceptors (Lipinski definition) is 5.